The molecular weight excluding hydrogens is 467 g/mol. The molecule has 2 heterocycles. The van der Waals surface area contributed by atoms with Gasteiger partial charge in [0.25, 0.3) is 11.8 Å². The second kappa shape index (κ2) is 10.1. The molecule has 8 heteroatoms. The first-order valence-corrected chi connectivity index (χ1v) is 12.6. The van der Waals surface area contributed by atoms with Crippen LogP contribution in [0.3, 0.4) is 0 Å². The quantitative estimate of drug-likeness (QED) is 0.563. The molecule has 0 N–H and O–H groups in total. The summed E-state index contributed by atoms with van der Waals surface area (Å²) in [6.07, 6.45) is 0.825. The van der Waals surface area contributed by atoms with Gasteiger partial charge in [-0.15, -0.1) is 0 Å². The maximum absolute atomic E-state index is 13.4. The fourth-order valence-electron chi connectivity index (χ4n) is 5.82. The van der Waals surface area contributed by atoms with Gasteiger partial charge in [-0.25, -0.2) is 0 Å². The highest BCUT2D eigenvalue weighted by molar-refractivity contribution is 6.16. The van der Waals surface area contributed by atoms with Crippen LogP contribution in [0.15, 0.2) is 66.2 Å². The average Bonchev–Trinajstić information content (AvgIpc) is 3.16. The molecule has 2 fully saturated rings. The maximum atomic E-state index is 13.4. The number of imide groups is 1. The topological polar surface area (TPSA) is 43.9 Å². The molecule has 3 aliphatic rings. The standard InChI is InChI=1S/C28H30F3N3O2/c29-28(30,31)24-8-4-5-9-25(24)33-16-14-32(15-17-33)22-10-12-23(13-11-22)34-26(35)19-21(27(34)36)18-20-6-2-1-3-7-20/h1-9,19,22-23H,10-18H2. The summed E-state index contributed by atoms with van der Waals surface area (Å²) < 4.78 is 40.3. The molecule has 0 atom stereocenters. The van der Waals surface area contributed by atoms with Crippen LogP contribution in [0.4, 0.5) is 18.9 Å². The predicted molar refractivity (Wildman–Crippen MR) is 131 cm³/mol. The van der Waals surface area contributed by atoms with Gasteiger partial charge in [0.05, 0.1) is 5.56 Å². The number of anilines is 1. The van der Waals surface area contributed by atoms with Gasteiger partial charge in [-0.3, -0.25) is 19.4 Å². The minimum Gasteiger partial charge on any atom is -0.368 e. The zero-order valence-corrected chi connectivity index (χ0v) is 20.1. The van der Waals surface area contributed by atoms with Gasteiger partial charge in [0.1, 0.15) is 0 Å². The second-order valence-corrected chi connectivity index (χ2v) is 9.85. The van der Waals surface area contributed by atoms with Gasteiger partial charge in [-0.05, 0) is 43.4 Å². The third kappa shape index (κ3) is 5.05. The molecule has 2 amide bonds. The van der Waals surface area contributed by atoms with E-state index in [1.807, 2.05) is 35.2 Å². The van der Waals surface area contributed by atoms with Crippen molar-refractivity contribution in [1.82, 2.24) is 9.80 Å². The maximum Gasteiger partial charge on any atom is 0.418 e. The summed E-state index contributed by atoms with van der Waals surface area (Å²) in [5.74, 6) is -0.393. The van der Waals surface area contributed by atoms with E-state index in [-0.39, 0.29) is 23.5 Å². The molecule has 0 radical (unpaired) electrons. The van der Waals surface area contributed by atoms with Crippen molar-refractivity contribution in [2.24, 2.45) is 0 Å². The third-order valence-corrected chi connectivity index (χ3v) is 7.68. The predicted octanol–water partition coefficient (Wildman–Crippen LogP) is 4.68. The van der Waals surface area contributed by atoms with Gasteiger partial charge in [-0.2, -0.15) is 13.2 Å². The molecule has 5 nitrogen and oxygen atoms in total. The number of carbonyl (C=O) groups is 2. The van der Waals surface area contributed by atoms with Crippen molar-refractivity contribution in [3.8, 4) is 0 Å². The number of rotatable bonds is 5. The Kier molecular flexibility index (Phi) is 6.88. The highest BCUT2D eigenvalue weighted by Gasteiger charge is 2.40. The number of nitrogens with zero attached hydrogens (tertiary/aromatic N) is 3. The number of hydrogen-bond donors (Lipinski definition) is 0. The second-order valence-electron chi connectivity index (χ2n) is 9.85. The van der Waals surface area contributed by atoms with Gasteiger partial charge in [-0.1, -0.05) is 42.5 Å². The van der Waals surface area contributed by atoms with E-state index in [9.17, 15) is 22.8 Å². The van der Waals surface area contributed by atoms with E-state index in [0.29, 0.717) is 44.2 Å². The molecule has 190 valence electrons. The van der Waals surface area contributed by atoms with Crippen molar-refractivity contribution < 1.29 is 22.8 Å². The van der Waals surface area contributed by atoms with E-state index < -0.39 is 11.7 Å². The van der Waals surface area contributed by atoms with Crippen molar-refractivity contribution in [3.05, 3.63) is 77.4 Å². The first-order valence-electron chi connectivity index (χ1n) is 12.6. The molecule has 0 spiro atoms. The Morgan fingerprint density at radius 3 is 2.06 bits per heavy atom. The summed E-state index contributed by atoms with van der Waals surface area (Å²) in [5.41, 5.74) is 1.22. The Balaban J connectivity index is 1.14. The molecule has 36 heavy (non-hydrogen) atoms. The highest BCUT2D eigenvalue weighted by atomic mass is 19.4. The van der Waals surface area contributed by atoms with Crippen molar-refractivity contribution >= 4 is 17.5 Å². The number of carbonyl (C=O) groups excluding carboxylic acids is 2. The molecular formula is C28H30F3N3O2. The van der Waals surface area contributed by atoms with Gasteiger partial charge in [0.2, 0.25) is 0 Å². The van der Waals surface area contributed by atoms with Gasteiger partial charge < -0.3 is 4.90 Å². The molecule has 5 rings (SSSR count). The van der Waals surface area contributed by atoms with Gasteiger partial charge in [0, 0.05) is 62.0 Å². The largest absolute Gasteiger partial charge is 0.418 e. The van der Waals surface area contributed by atoms with E-state index in [4.69, 9.17) is 0 Å². The summed E-state index contributed by atoms with van der Waals surface area (Å²) in [6, 6.07) is 15.7. The summed E-state index contributed by atoms with van der Waals surface area (Å²) in [5, 5.41) is 0. The van der Waals surface area contributed by atoms with Crippen LogP contribution >= 0.6 is 0 Å². The van der Waals surface area contributed by atoms with Crippen molar-refractivity contribution in [2.45, 2.75) is 50.4 Å². The summed E-state index contributed by atoms with van der Waals surface area (Å²) in [7, 11) is 0. The van der Waals surface area contributed by atoms with Crippen LogP contribution in [-0.2, 0) is 22.2 Å². The average molecular weight is 498 g/mol. The Labute approximate surface area is 209 Å². The molecule has 0 unspecified atom stereocenters. The van der Waals surface area contributed by atoms with Crippen LogP contribution in [-0.4, -0.2) is 59.9 Å². The normalized spacial score (nSPS) is 23.8. The minimum absolute atomic E-state index is 0.0919. The SMILES string of the molecule is O=C1C=C(Cc2ccccc2)C(=O)N1C1CCC(N2CCN(c3ccccc3C(F)(F)F)CC2)CC1. The number of benzene rings is 2. The summed E-state index contributed by atoms with van der Waals surface area (Å²) >= 11 is 0. The van der Waals surface area contributed by atoms with Gasteiger partial charge in [0.15, 0.2) is 0 Å². The Morgan fingerprint density at radius 1 is 0.778 bits per heavy atom. The molecule has 1 saturated heterocycles. The summed E-state index contributed by atoms with van der Waals surface area (Å²) in [6.45, 7) is 2.49. The number of amides is 2. The van der Waals surface area contributed by atoms with Crippen LogP contribution < -0.4 is 4.90 Å². The van der Waals surface area contributed by atoms with E-state index in [0.717, 1.165) is 37.3 Å². The van der Waals surface area contributed by atoms with Crippen molar-refractivity contribution in [3.63, 3.8) is 0 Å². The lowest BCUT2D eigenvalue weighted by atomic mass is 9.88. The fourth-order valence-corrected chi connectivity index (χ4v) is 5.82. The zero-order chi connectivity index (χ0) is 25.3. The zero-order valence-electron chi connectivity index (χ0n) is 20.1. The smallest absolute Gasteiger partial charge is 0.368 e. The van der Waals surface area contributed by atoms with Crippen molar-refractivity contribution in [1.29, 1.82) is 0 Å². The number of piperazine rings is 1. The van der Waals surface area contributed by atoms with Crippen LogP contribution in [0, 0.1) is 0 Å². The minimum atomic E-state index is -4.37. The molecule has 2 aliphatic heterocycles. The van der Waals surface area contributed by atoms with Crippen LogP contribution in [0.2, 0.25) is 0 Å². The first-order chi connectivity index (χ1) is 17.3. The van der Waals surface area contributed by atoms with Crippen molar-refractivity contribution in [2.75, 3.05) is 31.1 Å². The van der Waals surface area contributed by atoms with Gasteiger partial charge >= 0.3 is 6.18 Å². The Hall–Kier alpha value is -3.13. The van der Waals surface area contributed by atoms with E-state index in [1.165, 1.54) is 17.0 Å². The monoisotopic (exact) mass is 497 g/mol. The molecule has 2 aromatic carbocycles. The van der Waals surface area contributed by atoms with Crippen LogP contribution in [0.1, 0.15) is 36.8 Å². The highest BCUT2D eigenvalue weighted by Crippen LogP contribution is 2.37. The lowest BCUT2D eigenvalue weighted by Crippen LogP contribution is -2.53. The third-order valence-electron chi connectivity index (χ3n) is 7.68. The lowest BCUT2D eigenvalue weighted by molar-refractivity contribution is -0.141. The number of alkyl halides is 3. The molecule has 0 bridgehead atoms. The number of halogens is 3. The molecule has 0 aromatic heterocycles. The van der Waals surface area contributed by atoms with E-state index in [1.54, 1.807) is 12.1 Å². The molecule has 1 saturated carbocycles. The number of hydrogen-bond acceptors (Lipinski definition) is 4. The summed E-state index contributed by atoms with van der Waals surface area (Å²) in [4.78, 5) is 31.3. The van der Waals surface area contributed by atoms with Crippen LogP contribution in [0.25, 0.3) is 0 Å². The lowest BCUT2D eigenvalue weighted by Gasteiger charge is -2.43. The molecule has 2 aromatic rings. The Morgan fingerprint density at radius 2 is 1.39 bits per heavy atom. The fraction of sp³-hybridized carbons (Fsp3) is 0.429. The van der Waals surface area contributed by atoms with Crippen LogP contribution in [0.5, 0.6) is 0 Å². The van der Waals surface area contributed by atoms with E-state index >= 15 is 0 Å². The first kappa shape index (κ1) is 24.6. The number of para-hydroxylation sites is 1. The van der Waals surface area contributed by atoms with E-state index in [2.05, 4.69) is 4.90 Å². The Bertz CT molecular complexity index is 1130. The molecule has 1 aliphatic carbocycles.